The van der Waals surface area contributed by atoms with Crippen LogP contribution in [0.1, 0.15) is 70.1 Å². The molecule has 12 nitrogen and oxygen atoms in total. The maximum atomic E-state index is 13.8. The number of para-hydroxylation sites is 1. The lowest BCUT2D eigenvalue weighted by Crippen LogP contribution is -2.57. The molecule has 5 atom stereocenters. The van der Waals surface area contributed by atoms with Crippen molar-refractivity contribution >= 4 is 27.5 Å². The third kappa shape index (κ3) is 10.4. The summed E-state index contributed by atoms with van der Waals surface area (Å²) in [5, 5.41) is 16.0. The third-order valence-corrected chi connectivity index (χ3v) is 14.9. The van der Waals surface area contributed by atoms with Crippen LogP contribution < -0.4 is 20.3 Å². The highest BCUT2D eigenvalue weighted by molar-refractivity contribution is 7.89. The summed E-state index contributed by atoms with van der Waals surface area (Å²) >= 11 is 0. The number of aliphatic hydroxyl groups excluding tert-OH is 1. The van der Waals surface area contributed by atoms with Gasteiger partial charge in [-0.05, 0) is 78.3 Å². The number of benzene rings is 6. The number of hydrogen-bond donors (Lipinski definition) is 4. The number of rotatable bonds is 15. The summed E-state index contributed by atoms with van der Waals surface area (Å²) in [7, 11) is -4.00. The van der Waals surface area contributed by atoms with Gasteiger partial charge in [-0.25, -0.2) is 8.42 Å². The monoisotopic (exact) mass is 919 g/mol. The molecule has 6 aromatic carbocycles. The fraction of sp³-hybridized carbons (Fsp3) is 0.296. The lowest BCUT2D eigenvalue weighted by atomic mass is 9.82. The molecular weight excluding hydrogens is 863 g/mol. The van der Waals surface area contributed by atoms with Crippen molar-refractivity contribution in [1.29, 1.82) is 0 Å². The molecule has 0 radical (unpaired) electrons. The molecule has 3 aliphatic heterocycles. The predicted molar refractivity (Wildman–Crippen MR) is 257 cm³/mol. The van der Waals surface area contributed by atoms with E-state index in [2.05, 4.69) is 49.4 Å². The number of likely N-dealkylation sites (tertiary alicyclic amines) is 1. The maximum absolute atomic E-state index is 13.8. The first-order valence-electron chi connectivity index (χ1n) is 23.0. The average molecular weight is 920 g/mol. The summed E-state index contributed by atoms with van der Waals surface area (Å²) in [5.41, 5.74) is 6.63. The van der Waals surface area contributed by atoms with E-state index >= 15 is 0 Å². The molecule has 67 heavy (non-hydrogen) atoms. The predicted octanol–water partition coefficient (Wildman–Crippen LogP) is 7.06. The highest BCUT2D eigenvalue weighted by atomic mass is 32.2. The Balaban J connectivity index is 0.940. The Hall–Kier alpha value is -6.19. The minimum Gasteiger partial charge on any atom is -0.392 e. The molecule has 2 amide bonds. The Kier molecular flexibility index (Phi) is 14.0. The molecule has 6 aromatic rings. The van der Waals surface area contributed by atoms with Crippen molar-refractivity contribution in [2.45, 2.75) is 80.2 Å². The van der Waals surface area contributed by atoms with E-state index in [4.69, 9.17) is 9.47 Å². The molecule has 5 unspecified atom stereocenters. The van der Waals surface area contributed by atoms with E-state index in [1.165, 1.54) is 12.1 Å². The van der Waals surface area contributed by atoms with Crippen LogP contribution in [0.3, 0.4) is 0 Å². The molecule has 4 N–H and O–H groups in total. The van der Waals surface area contributed by atoms with Crippen molar-refractivity contribution in [2.75, 3.05) is 31.2 Å². The highest BCUT2D eigenvalue weighted by Gasteiger charge is 2.51. The van der Waals surface area contributed by atoms with E-state index in [0.717, 1.165) is 44.6 Å². The smallest absolute Gasteiger partial charge is 0.247 e. The Morgan fingerprint density at radius 1 is 0.746 bits per heavy atom. The SMILES string of the molecule is Cc1ccc(S(=O)(=O)NC(Cc2ccccc2)C(=O)NCc2ccc(C3OC(CN4CCC5(CC4)C(=O)NCN5c4ccccc4)C(c4ccccc4)C(c4ccc(CO)cc4)O3)cc2)cc1. The molecule has 0 aliphatic carbocycles. The van der Waals surface area contributed by atoms with Gasteiger partial charge in [0, 0.05) is 43.3 Å². The van der Waals surface area contributed by atoms with Crippen LogP contribution >= 0.6 is 0 Å². The van der Waals surface area contributed by atoms with Crippen molar-refractivity contribution in [2.24, 2.45) is 0 Å². The zero-order valence-electron chi connectivity index (χ0n) is 37.5. The van der Waals surface area contributed by atoms with Gasteiger partial charge in [-0.2, -0.15) is 4.72 Å². The zero-order chi connectivity index (χ0) is 46.4. The number of sulfonamides is 1. The second kappa shape index (κ2) is 20.4. The van der Waals surface area contributed by atoms with E-state index in [9.17, 15) is 23.1 Å². The first-order valence-corrected chi connectivity index (χ1v) is 24.5. The number of nitrogens with zero attached hydrogens (tertiary/aromatic N) is 2. The maximum Gasteiger partial charge on any atom is 0.247 e. The van der Waals surface area contributed by atoms with E-state index < -0.39 is 39.9 Å². The number of aliphatic hydroxyl groups is 1. The standard InChI is InChI=1S/C54H57N5O7S/c1-38-17-27-46(28-18-38)67(63,64)57-47(33-39-11-5-2-6-12-39)51(61)55-34-40-19-25-44(26-20-40)52-65-48(49(42-13-7-3-8-14-42)50(66-52)43-23-21-41(36-60)22-24-43)35-58-31-29-54(30-32-58)53(62)56-37-59(54)45-15-9-4-10-16-45/h2-28,47-50,52,57,60H,29-37H2,1H3,(H,55,61)(H,56,62). The Bertz CT molecular complexity index is 2700. The van der Waals surface area contributed by atoms with Crippen molar-refractivity contribution in [3.8, 4) is 0 Å². The van der Waals surface area contributed by atoms with Gasteiger partial charge in [0.25, 0.3) is 0 Å². The van der Waals surface area contributed by atoms with Gasteiger partial charge in [0.15, 0.2) is 6.29 Å². The number of carbonyl (C=O) groups is 2. The topological polar surface area (TPSA) is 150 Å². The first kappa shape index (κ1) is 45.9. The summed E-state index contributed by atoms with van der Waals surface area (Å²) in [5.74, 6) is -0.562. The van der Waals surface area contributed by atoms with Crippen molar-refractivity contribution in [3.05, 3.63) is 203 Å². The van der Waals surface area contributed by atoms with Crippen LogP contribution in [0.5, 0.6) is 0 Å². The Labute approximate surface area is 393 Å². The van der Waals surface area contributed by atoms with Gasteiger partial charge in [0.2, 0.25) is 21.8 Å². The summed E-state index contributed by atoms with van der Waals surface area (Å²) in [6.07, 6.45) is 0.0470. The summed E-state index contributed by atoms with van der Waals surface area (Å²) < 4.78 is 43.6. The van der Waals surface area contributed by atoms with Crippen LogP contribution in [0.4, 0.5) is 5.69 Å². The molecule has 346 valence electrons. The normalized spacial score (nSPS) is 21.2. The lowest BCUT2D eigenvalue weighted by molar-refractivity contribution is -0.264. The van der Waals surface area contributed by atoms with E-state index in [1.807, 2.05) is 122 Å². The first-order chi connectivity index (χ1) is 32.6. The van der Waals surface area contributed by atoms with E-state index in [0.29, 0.717) is 39.1 Å². The average Bonchev–Trinajstić information content (AvgIpc) is 3.68. The van der Waals surface area contributed by atoms with Gasteiger partial charge in [0.1, 0.15) is 11.6 Å². The van der Waals surface area contributed by atoms with Crippen LogP contribution in [-0.2, 0) is 48.7 Å². The second-order valence-electron chi connectivity index (χ2n) is 17.8. The minimum absolute atomic E-state index is 0.0675. The quantitative estimate of drug-likeness (QED) is 0.0850. The largest absolute Gasteiger partial charge is 0.392 e. The number of ether oxygens (including phenoxy) is 2. The fourth-order valence-electron chi connectivity index (χ4n) is 9.67. The van der Waals surface area contributed by atoms with Gasteiger partial charge < -0.3 is 35.0 Å². The number of piperidine rings is 1. The molecule has 0 saturated carbocycles. The fourth-order valence-corrected chi connectivity index (χ4v) is 10.9. The van der Waals surface area contributed by atoms with Crippen LogP contribution in [0, 0.1) is 6.92 Å². The molecule has 3 fully saturated rings. The highest BCUT2D eigenvalue weighted by Crippen LogP contribution is 2.47. The third-order valence-electron chi connectivity index (χ3n) is 13.4. The number of anilines is 1. The van der Waals surface area contributed by atoms with E-state index in [-0.39, 0.29) is 42.4 Å². The van der Waals surface area contributed by atoms with Crippen LogP contribution in [0.25, 0.3) is 0 Å². The Morgan fingerprint density at radius 3 is 2.01 bits per heavy atom. The summed E-state index contributed by atoms with van der Waals surface area (Å²) in [6, 6.07) is 50.9. The molecule has 3 aliphatic rings. The summed E-state index contributed by atoms with van der Waals surface area (Å²) in [4.78, 5) is 32.1. The second-order valence-corrected chi connectivity index (χ2v) is 19.5. The molecule has 0 aromatic heterocycles. The summed E-state index contributed by atoms with van der Waals surface area (Å²) in [6.45, 7) is 4.49. The number of carbonyl (C=O) groups excluding carboxylic acids is 2. The van der Waals surface area contributed by atoms with Crippen molar-refractivity contribution in [1.82, 2.24) is 20.3 Å². The van der Waals surface area contributed by atoms with Crippen LogP contribution in [0.15, 0.2) is 169 Å². The van der Waals surface area contributed by atoms with Crippen molar-refractivity contribution < 1.29 is 32.6 Å². The van der Waals surface area contributed by atoms with Gasteiger partial charge in [-0.15, -0.1) is 0 Å². The van der Waals surface area contributed by atoms with Gasteiger partial charge in [-0.3, -0.25) is 9.59 Å². The minimum atomic E-state index is -4.00. The molecule has 13 heteroatoms. The molecule has 1 spiro atoms. The van der Waals surface area contributed by atoms with Crippen molar-refractivity contribution in [3.63, 3.8) is 0 Å². The molecular formula is C54H57N5O7S. The van der Waals surface area contributed by atoms with Crippen LogP contribution in [-0.4, -0.2) is 74.2 Å². The number of nitrogens with one attached hydrogen (secondary N) is 3. The molecule has 3 saturated heterocycles. The Morgan fingerprint density at radius 2 is 1.36 bits per heavy atom. The molecule has 3 heterocycles. The zero-order valence-corrected chi connectivity index (χ0v) is 38.4. The number of amides is 2. The van der Waals surface area contributed by atoms with E-state index in [1.54, 1.807) is 12.1 Å². The molecule has 0 bridgehead atoms. The van der Waals surface area contributed by atoms with Gasteiger partial charge in [-0.1, -0.05) is 145 Å². The van der Waals surface area contributed by atoms with Gasteiger partial charge in [0.05, 0.1) is 30.4 Å². The van der Waals surface area contributed by atoms with Crippen LogP contribution in [0.2, 0.25) is 0 Å². The number of aryl methyl sites for hydroxylation is 1. The molecule has 9 rings (SSSR count). The number of hydrogen-bond acceptors (Lipinski definition) is 9. The lowest BCUT2D eigenvalue weighted by Gasteiger charge is -2.47. The van der Waals surface area contributed by atoms with Gasteiger partial charge >= 0.3 is 0 Å².